The molecular weight excluding hydrogens is 435 g/mol. The lowest BCUT2D eigenvalue weighted by molar-refractivity contribution is -0.118. The number of benzene rings is 3. The summed E-state index contributed by atoms with van der Waals surface area (Å²) in [5.74, 6) is 0.272. The molecule has 0 bridgehead atoms. The molecule has 0 aliphatic carbocycles. The van der Waals surface area contributed by atoms with E-state index in [1.807, 2.05) is 6.92 Å². The molecule has 0 fully saturated rings. The third-order valence-corrected chi connectivity index (χ3v) is 5.74. The fraction of sp³-hybridized carbons (Fsp3) is 0.174. The van der Waals surface area contributed by atoms with Gasteiger partial charge in [-0.05, 0) is 86.1 Å². The van der Waals surface area contributed by atoms with Crippen molar-refractivity contribution in [2.75, 3.05) is 23.3 Å². The maximum absolute atomic E-state index is 13.0. The summed E-state index contributed by atoms with van der Waals surface area (Å²) in [6.45, 7) is 3.88. The topological polar surface area (TPSA) is 93.7 Å². The smallest absolute Gasteiger partial charge is 0.262 e. The number of hydrogen-bond acceptors (Lipinski definition) is 5. The molecule has 1 amide bonds. The van der Waals surface area contributed by atoms with Crippen LogP contribution in [0.4, 0.5) is 15.8 Å². The molecule has 7 nitrogen and oxygen atoms in total. The second-order valence-corrected chi connectivity index (χ2v) is 8.52. The van der Waals surface area contributed by atoms with E-state index in [-0.39, 0.29) is 23.1 Å². The standard InChI is InChI=1S/C23H23FN2O5S/c1-3-30-20-10-8-18(9-11-20)25-23(27)15-31-22-13-12-21(14-16(22)2)32(28,29)26-19-6-4-17(24)5-7-19/h4-14,26H,3,15H2,1-2H3,(H,25,27). The number of carbonyl (C=O) groups is 1. The van der Waals surface area contributed by atoms with Gasteiger partial charge in [-0.15, -0.1) is 0 Å². The number of carbonyl (C=O) groups excluding carboxylic acids is 1. The number of sulfonamides is 1. The zero-order valence-electron chi connectivity index (χ0n) is 17.6. The van der Waals surface area contributed by atoms with Crippen LogP contribution in [0.15, 0.2) is 71.6 Å². The number of nitrogens with one attached hydrogen (secondary N) is 2. The predicted molar refractivity (Wildman–Crippen MR) is 120 cm³/mol. The zero-order chi connectivity index (χ0) is 23.1. The Morgan fingerprint density at radius 3 is 2.22 bits per heavy atom. The van der Waals surface area contributed by atoms with Crippen LogP contribution in [0.1, 0.15) is 12.5 Å². The number of aryl methyl sites for hydroxylation is 1. The molecule has 0 radical (unpaired) electrons. The van der Waals surface area contributed by atoms with E-state index < -0.39 is 15.8 Å². The fourth-order valence-corrected chi connectivity index (χ4v) is 3.97. The van der Waals surface area contributed by atoms with Crippen LogP contribution in [0.2, 0.25) is 0 Å². The van der Waals surface area contributed by atoms with Gasteiger partial charge in [-0.1, -0.05) is 0 Å². The first kappa shape index (κ1) is 23.1. The van der Waals surface area contributed by atoms with E-state index in [9.17, 15) is 17.6 Å². The molecule has 0 atom stereocenters. The third kappa shape index (κ3) is 6.21. The summed E-state index contributed by atoms with van der Waals surface area (Å²) in [6.07, 6.45) is 0. The summed E-state index contributed by atoms with van der Waals surface area (Å²) in [5.41, 5.74) is 1.39. The van der Waals surface area contributed by atoms with Crippen molar-refractivity contribution in [2.45, 2.75) is 18.7 Å². The number of anilines is 2. The lowest BCUT2D eigenvalue weighted by atomic mass is 10.2. The second-order valence-electron chi connectivity index (χ2n) is 6.83. The molecule has 3 aromatic carbocycles. The first-order valence-electron chi connectivity index (χ1n) is 9.81. The van der Waals surface area contributed by atoms with E-state index in [2.05, 4.69) is 10.0 Å². The van der Waals surface area contributed by atoms with Gasteiger partial charge in [0.25, 0.3) is 15.9 Å². The molecular formula is C23H23FN2O5S. The van der Waals surface area contributed by atoms with Gasteiger partial charge < -0.3 is 14.8 Å². The van der Waals surface area contributed by atoms with Crippen molar-refractivity contribution >= 4 is 27.3 Å². The van der Waals surface area contributed by atoms with Crippen LogP contribution in [0.3, 0.4) is 0 Å². The van der Waals surface area contributed by atoms with Crippen LogP contribution in [0.25, 0.3) is 0 Å². The maximum Gasteiger partial charge on any atom is 0.262 e. The Morgan fingerprint density at radius 2 is 1.59 bits per heavy atom. The Morgan fingerprint density at radius 1 is 0.938 bits per heavy atom. The van der Waals surface area contributed by atoms with Gasteiger partial charge in [0.15, 0.2) is 6.61 Å². The Bertz CT molecular complexity index is 1180. The molecule has 0 aromatic heterocycles. The molecule has 32 heavy (non-hydrogen) atoms. The lowest BCUT2D eigenvalue weighted by Gasteiger charge is -2.12. The van der Waals surface area contributed by atoms with Gasteiger partial charge in [-0.2, -0.15) is 0 Å². The van der Waals surface area contributed by atoms with Gasteiger partial charge >= 0.3 is 0 Å². The maximum atomic E-state index is 13.0. The monoisotopic (exact) mass is 458 g/mol. The molecule has 0 spiro atoms. The van der Waals surface area contributed by atoms with E-state index in [0.717, 1.165) is 0 Å². The average Bonchev–Trinajstić information content (AvgIpc) is 2.76. The molecule has 0 heterocycles. The van der Waals surface area contributed by atoms with Gasteiger partial charge in [0.2, 0.25) is 0 Å². The van der Waals surface area contributed by atoms with Gasteiger partial charge in [-0.25, -0.2) is 12.8 Å². The Kier molecular flexibility index (Phi) is 7.32. The van der Waals surface area contributed by atoms with E-state index in [1.165, 1.54) is 42.5 Å². The van der Waals surface area contributed by atoms with E-state index in [0.29, 0.717) is 29.4 Å². The zero-order valence-corrected chi connectivity index (χ0v) is 18.4. The van der Waals surface area contributed by atoms with Gasteiger partial charge in [0, 0.05) is 11.4 Å². The van der Waals surface area contributed by atoms with Crippen LogP contribution in [-0.2, 0) is 14.8 Å². The van der Waals surface area contributed by atoms with Gasteiger partial charge in [0.05, 0.1) is 11.5 Å². The molecule has 2 N–H and O–H groups in total. The number of rotatable bonds is 9. The molecule has 9 heteroatoms. The van der Waals surface area contributed by atoms with Crippen molar-refractivity contribution < 1.29 is 27.1 Å². The first-order valence-corrected chi connectivity index (χ1v) is 11.3. The van der Waals surface area contributed by atoms with Crippen LogP contribution in [0.5, 0.6) is 11.5 Å². The third-order valence-electron chi connectivity index (χ3n) is 4.36. The van der Waals surface area contributed by atoms with Crippen molar-refractivity contribution in [3.05, 3.63) is 78.1 Å². The average molecular weight is 459 g/mol. The normalized spacial score (nSPS) is 11.0. The highest BCUT2D eigenvalue weighted by Crippen LogP contribution is 2.24. The Labute approximate surface area is 186 Å². The minimum Gasteiger partial charge on any atom is -0.494 e. The van der Waals surface area contributed by atoms with Crippen molar-refractivity contribution in [3.8, 4) is 11.5 Å². The van der Waals surface area contributed by atoms with Crippen LogP contribution in [-0.4, -0.2) is 27.5 Å². The van der Waals surface area contributed by atoms with Gasteiger partial charge in [0.1, 0.15) is 17.3 Å². The lowest BCUT2D eigenvalue weighted by Crippen LogP contribution is -2.20. The van der Waals surface area contributed by atoms with Crippen molar-refractivity contribution in [2.24, 2.45) is 0 Å². The molecule has 0 aliphatic rings. The summed E-state index contributed by atoms with van der Waals surface area (Å²) < 4.78 is 51.4. The molecule has 0 aliphatic heterocycles. The molecule has 0 saturated carbocycles. The molecule has 3 aromatic rings. The van der Waals surface area contributed by atoms with Crippen molar-refractivity contribution in [3.63, 3.8) is 0 Å². The number of hydrogen-bond donors (Lipinski definition) is 2. The summed E-state index contributed by atoms with van der Waals surface area (Å²) in [4.78, 5) is 12.2. The molecule has 0 unspecified atom stereocenters. The van der Waals surface area contributed by atoms with Crippen molar-refractivity contribution in [1.82, 2.24) is 0 Å². The number of ether oxygens (including phenoxy) is 2. The highest BCUT2D eigenvalue weighted by molar-refractivity contribution is 7.92. The van der Waals surface area contributed by atoms with Crippen molar-refractivity contribution in [1.29, 1.82) is 0 Å². The van der Waals surface area contributed by atoms with Crippen LogP contribution >= 0.6 is 0 Å². The highest BCUT2D eigenvalue weighted by atomic mass is 32.2. The number of amides is 1. The van der Waals surface area contributed by atoms with Crippen LogP contribution < -0.4 is 19.5 Å². The van der Waals surface area contributed by atoms with E-state index in [4.69, 9.17) is 9.47 Å². The fourth-order valence-electron chi connectivity index (χ4n) is 2.82. The summed E-state index contributed by atoms with van der Waals surface area (Å²) >= 11 is 0. The Balaban J connectivity index is 1.59. The largest absolute Gasteiger partial charge is 0.494 e. The van der Waals surface area contributed by atoms with E-state index in [1.54, 1.807) is 31.2 Å². The van der Waals surface area contributed by atoms with E-state index >= 15 is 0 Å². The Hall–Kier alpha value is -3.59. The van der Waals surface area contributed by atoms with Crippen LogP contribution in [0, 0.1) is 12.7 Å². The highest BCUT2D eigenvalue weighted by Gasteiger charge is 2.16. The summed E-state index contributed by atoms with van der Waals surface area (Å²) in [5, 5.41) is 2.72. The first-order chi connectivity index (χ1) is 15.3. The second kappa shape index (κ2) is 10.1. The van der Waals surface area contributed by atoms with Gasteiger partial charge in [-0.3, -0.25) is 9.52 Å². The predicted octanol–water partition coefficient (Wildman–Crippen LogP) is 4.35. The summed E-state index contributed by atoms with van der Waals surface area (Å²) in [7, 11) is -3.86. The number of halogens is 1. The quantitative estimate of drug-likeness (QED) is 0.497. The minimum absolute atomic E-state index is 0.0190. The molecule has 0 saturated heterocycles. The molecule has 3 rings (SSSR count). The summed E-state index contributed by atoms with van der Waals surface area (Å²) in [6, 6.07) is 16.2. The minimum atomic E-state index is -3.86. The molecule has 168 valence electrons. The SMILES string of the molecule is CCOc1ccc(NC(=O)COc2ccc(S(=O)(=O)Nc3ccc(F)cc3)cc2C)cc1.